The summed E-state index contributed by atoms with van der Waals surface area (Å²) in [5.74, 6) is 0. The van der Waals surface area contributed by atoms with Gasteiger partial charge in [0.05, 0.1) is 10.5 Å². The minimum Gasteiger partial charge on any atom is -0.398 e. The van der Waals surface area contributed by atoms with Gasteiger partial charge in [0.2, 0.25) is 0 Å². The average Bonchev–Trinajstić information content (AvgIpc) is 2.29. The number of nitro groups is 1. The molecule has 0 unspecified atom stereocenters. The zero-order chi connectivity index (χ0) is 12.4. The van der Waals surface area contributed by atoms with Gasteiger partial charge in [-0.2, -0.15) is 0 Å². The highest BCUT2D eigenvalue weighted by Crippen LogP contribution is 2.36. The third-order valence-electron chi connectivity index (χ3n) is 2.43. The van der Waals surface area contributed by atoms with E-state index >= 15 is 0 Å². The van der Waals surface area contributed by atoms with E-state index in [1.165, 1.54) is 12.1 Å². The molecule has 0 aliphatic heterocycles. The van der Waals surface area contributed by atoms with E-state index in [1.54, 1.807) is 24.3 Å². The normalized spacial score (nSPS) is 10.1. The number of anilines is 2. The van der Waals surface area contributed by atoms with Crippen LogP contribution < -0.4 is 11.5 Å². The molecule has 0 heterocycles. The van der Waals surface area contributed by atoms with Crippen molar-refractivity contribution in [1.82, 2.24) is 0 Å². The summed E-state index contributed by atoms with van der Waals surface area (Å²) in [6.45, 7) is 0. The predicted octanol–water partition coefficient (Wildman–Crippen LogP) is 2.43. The summed E-state index contributed by atoms with van der Waals surface area (Å²) >= 11 is 0. The topological polar surface area (TPSA) is 95.2 Å². The van der Waals surface area contributed by atoms with Crippen LogP contribution in [0.5, 0.6) is 0 Å². The largest absolute Gasteiger partial charge is 0.398 e. The molecule has 0 saturated heterocycles. The molecule has 0 fully saturated rings. The Morgan fingerprint density at radius 1 is 1.06 bits per heavy atom. The van der Waals surface area contributed by atoms with Crippen molar-refractivity contribution in [2.75, 3.05) is 11.5 Å². The van der Waals surface area contributed by atoms with Gasteiger partial charge in [-0.1, -0.05) is 30.3 Å². The van der Waals surface area contributed by atoms with E-state index in [9.17, 15) is 10.1 Å². The Balaban J connectivity index is 2.72. The van der Waals surface area contributed by atoms with Crippen LogP contribution in [0.25, 0.3) is 11.1 Å². The summed E-state index contributed by atoms with van der Waals surface area (Å²) < 4.78 is 0. The molecule has 0 spiro atoms. The Kier molecular flexibility index (Phi) is 2.66. The number of hydrogen-bond donors (Lipinski definition) is 2. The molecular weight excluding hydrogens is 218 g/mol. The van der Waals surface area contributed by atoms with Gasteiger partial charge in [0.1, 0.15) is 0 Å². The molecule has 5 nitrogen and oxygen atoms in total. The van der Waals surface area contributed by atoms with Gasteiger partial charge in [-0.15, -0.1) is 0 Å². The van der Waals surface area contributed by atoms with Gasteiger partial charge in [-0.3, -0.25) is 10.1 Å². The van der Waals surface area contributed by atoms with Crippen molar-refractivity contribution in [2.45, 2.75) is 0 Å². The first-order chi connectivity index (χ1) is 8.09. The van der Waals surface area contributed by atoms with Gasteiger partial charge >= 0.3 is 0 Å². The van der Waals surface area contributed by atoms with E-state index in [4.69, 9.17) is 11.5 Å². The molecule has 0 bridgehead atoms. The highest BCUT2D eigenvalue weighted by molar-refractivity contribution is 5.86. The summed E-state index contributed by atoms with van der Waals surface area (Å²) in [4.78, 5) is 10.5. The van der Waals surface area contributed by atoms with Crippen LogP contribution in [-0.2, 0) is 0 Å². The Morgan fingerprint density at radius 2 is 1.71 bits per heavy atom. The molecule has 0 saturated carbocycles. The lowest BCUT2D eigenvalue weighted by Crippen LogP contribution is -1.99. The Bertz CT molecular complexity index is 567. The van der Waals surface area contributed by atoms with Crippen molar-refractivity contribution in [3.63, 3.8) is 0 Å². The second kappa shape index (κ2) is 4.13. The molecule has 0 aromatic heterocycles. The third-order valence-corrected chi connectivity index (χ3v) is 2.43. The van der Waals surface area contributed by atoms with E-state index in [0.29, 0.717) is 16.8 Å². The molecule has 17 heavy (non-hydrogen) atoms. The van der Waals surface area contributed by atoms with Crippen molar-refractivity contribution in [3.05, 3.63) is 52.6 Å². The first-order valence-electron chi connectivity index (χ1n) is 4.98. The highest BCUT2D eigenvalue weighted by Gasteiger charge is 2.18. The number of nitrogens with two attached hydrogens (primary N) is 2. The quantitative estimate of drug-likeness (QED) is 0.469. The molecule has 0 radical (unpaired) electrons. The van der Waals surface area contributed by atoms with E-state index in [2.05, 4.69) is 0 Å². The molecule has 0 atom stereocenters. The molecular formula is C12H11N3O2. The van der Waals surface area contributed by atoms with Crippen LogP contribution in [0.4, 0.5) is 17.1 Å². The van der Waals surface area contributed by atoms with Crippen LogP contribution in [-0.4, -0.2) is 4.92 Å². The molecule has 2 aromatic rings. The molecule has 4 N–H and O–H groups in total. The van der Waals surface area contributed by atoms with Gasteiger partial charge in [-0.05, 0) is 11.6 Å². The Morgan fingerprint density at radius 3 is 2.29 bits per heavy atom. The third kappa shape index (κ3) is 2.03. The van der Waals surface area contributed by atoms with Crippen LogP contribution in [0, 0.1) is 10.1 Å². The molecule has 5 heteroatoms. The summed E-state index contributed by atoms with van der Waals surface area (Å²) in [6, 6.07) is 11.8. The Hall–Kier alpha value is -2.56. The number of nitrogen functional groups attached to an aromatic ring is 2. The van der Waals surface area contributed by atoms with Gasteiger partial charge in [-0.25, -0.2) is 0 Å². The molecule has 0 aliphatic carbocycles. The highest BCUT2D eigenvalue weighted by atomic mass is 16.6. The van der Waals surface area contributed by atoms with E-state index in [-0.39, 0.29) is 11.4 Å². The standard InChI is InChI=1S/C12H11N3O2/c13-9-6-10(14)12(11(7-9)15(16)17)8-4-2-1-3-5-8/h1-7H,13-14H2. The van der Waals surface area contributed by atoms with Crippen molar-refractivity contribution in [1.29, 1.82) is 0 Å². The Labute approximate surface area is 97.8 Å². The zero-order valence-electron chi connectivity index (χ0n) is 8.96. The maximum atomic E-state index is 11.0. The zero-order valence-corrected chi connectivity index (χ0v) is 8.96. The molecule has 2 rings (SSSR count). The van der Waals surface area contributed by atoms with Gasteiger partial charge < -0.3 is 11.5 Å². The fourth-order valence-electron chi connectivity index (χ4n) is 1.73. The van der Waals surface area contributed by atoms with E-state index in [1.807, 2.05) is 6.07 Å². The summed E-state index contributed by atoms with van der Waals surface area (Å²) in [5.41, 5.74) is 13.0. The minimum absolute atomic E-state index is 0.0753. The lowest BCUT2D eigenvalue weighted by Gasteiger charge is -2.07. The van der Waals surface area contributed by atoms with E-state index in [0.717, 1.165) is 0 Å². The predicted molar refractivity (Wildman–Crippen MR) is 67.4 cm³/mol. The number of rotatable bonds is 2. The minimum atomic E-state index is -0.477. The van der Waals surface area contributed by atoms with Crippen molar-refractivity contribution in [2.24, 2.45) is 0 Å². The first-order valence-corrected chi connectivity index (χ1v) is 4.98. The maximum Gasteiger partial charge on any atom is 0.281 e. The molecule has 0 aliphatic rings. The molecule has 2 aromatic carbocycles. The van der Waals surface area contributed by atoms with Crippen molar-refractivity contribution in [3.8, 4) is 11.1 Å². The number of benzene rings is 2. The lowest BCUT2D eigenvalue weighted by molar-refractivity contribution is -0.384. The van der Waals surface area contributed by atoms with Gasteiger partial charge in [0.25, 0.3) is 5.69 Å². The lowest BCUT2D eigenvalue weighted by atomic mass is 10.0. The average molecular weight is 229 g/mol. The van der Waals surface area contributed by atoms with E-state index < -0.39 is 4.92 Å². The van der Waals surface area contributed by atoms with Crippen LogP contribution in [0.3, 0.4) is 0 Å². The van der Waals surface area contributed by atoms with Crippen LogP contribution in [0.1, 0.15) is 0 Å². The smallest absolute Gasteiger partial charge is 0.281 e. The second-order valence-corrected chi connectivity index (χ2v) is 3.63. The number of nitrogens with zero attached hydrogens (tertiary/aromatic N) is 1. The summed E-state index contributed by atoms with van der Waals surface area (Å²) in [7, 11) is 0. The van der Waals surface area contributed by atoms with Crippen LogP contribution in [0.15, 0.2) is 42.5 Å². The van der Waals surface area contributed by atoms with Gasteiger partial charge in [0.15, 0.2) is 0 Å². The molecule has 0 amide bonds. The van der Waals surface area contributed by atoms with Crippen LogP contribution in [0.2, 0.25) is 0 Å². The monoisotopic (exact) mass is 229 g/mol. The number of nitro benzene ring substituents is 1. The fraction of sp³-hybridized carbons (Fsp3) is 0. The van der Waals surface area contributed by atoms with Crippen molar-refractivity contribution >= 4 is 17.1 Å². The summed E-state index contributed by atoms with van der Waals surface area (Å²) in [6.07, 6.45) is 0. The first kappa shape index (κ1) is 10.9. The number of hydrogen-bond acceptors (Lipinski definition) is 4. The van der Waals surface area contributed by atoms with Crippen LogP contribution >= 0.6 is 0 Å². The molecule has 86 valence electrons. The summed E-state index contributed by atoms with van der Waals surface area (Å²) in [5, 5.41) is 11.0. The fourth-order valence-corrected chi connectivity index (χ4v) is 1.73. The van der Waals surface area contributed by atoms with Gasteiger partial charge in [0, 0.05) is 17.4 Å². The second-order valence-electron chi connectivity index (χ2n) is 3.63. The SMILES string of the molecule is Nc1cc(N)c(-c2ccccc2)c([N+](=O)[O-])c1. The maximum absolute atomic E-state index is 11.0. The van der Waals surface area contributed by atoms with Crippen molar-refractivity contribution < 1.29 is 4.92 Å².